The van der Waals surface area contributed by atoms with Gasteiger partial charge in [-0.2, -0.15) is 0 Å². The lowest BCUT2D eigenvalue weighted by Crippen LogP contribution is -2.36. The minimum atomic E-state index is 0.0536. The van der Waals surface area contributed by atoms with Gasteiger partial charge in [0.05, 0.1) is 0 Å². The van der Waals surface area contributed by atoms with Gasteiger partial charge in [-0.15, -0.1) is 0 Å². The van der Waals surface area contributed by atoms with Crippen molar-refractivity contribution in [3.8, 4) is 0 Å². The second kappa shape index (κ2) is 9.73. The van der Waals surface area contributed by atoms with Crippen LogP contribution in [0.4, 0.5) is 0 Å². The number of hydrogen-bond donors (Lipinski definition) is 2. The van der Waals surface area contributed by atoms with Gasteiger partial charge in [0, 0.05) is 46.1 Å². The van der Waals surface area contributed by atoms with Crippen LogP contribution in [0.25, 0.3) is 0 Å². The highest BCUT2D eigenvalue weighted by molar-refractivity contribution is 5.76. The highest BCUT2D eigenvalue weighted by atomic mass is 16.2. The maximum absolute atomic E-state index is 11.4. The Morgan fingerprint density at radius 2 is 1.67 bits per heavy atom. The maximum atomic E-state index is 11.4. The molecule has 2 N–H and O–H groups in total. The Kier molecular flexibility index (Phi) is 8.30. The Hall–Kier alpha value is -1.14. The summed E-state index contributed by atoms with van der Waals surface area (Å²) in [6.07, 6.45) is 4.63. The van der Waals surface area contributed by atoms with E-state index in [4.69, 9.17) is 0 Å². The zero-order valence-electron chi connectivity index (χ0n) is 13.7. The van der Waals surface area contributed by atoms with Crippen molar-refractivity contribution in [3.63, 3.8) is 0 Å². The summed E-state index contributed by atoms with van der Waals surface area (Å²) >= 11 is 0. The summed E-state index contributed by atoms with van der Waals surface area (Å²) in [5.74, 6) is 0.107. The third kappa shape index (κ3) is 6.91. The number of nitrogens with zero attached hydrogens (tertiary/aromatic N) is 2. The molecule has 6 heteroatoms. The topological polar surface area (TPSA) is 64.7 Å². The van der Waals surface area contributed by atoms with Crippen molar-refractivity contribution >= 4 is 11.8 Å². The predicted molar refractivity (Wildman–Crippen MR) is 84.1 cm³/mol. The SMILES string of the molecule is CNC(=O)CCN(CCC(=O)NC)CCC1CCCN1C. The van der Waals surface area contributed by atoms with Crippen LogP contribution in [0, 0.1) is 0 Å². The molecule has 0 spiro atoms. The summed E-state index contributed by atoms with van der Waals surface area (Å²) in [6, 6.07) is 0.646. The van der Waals surface area contributed by atoms with E-state index in [0.29, 0.717) is 32.0 Å². The van der Waals surface area contributed by atoms with E-state index < -0.39 is 0 Å². The highest BCUT2D eigenvalue weighted by Gasteiger charge is 2.21. The smallest absolute Gasteiger partial charge is 0.221 e. The fraction of sp³-hybridized carbons (Fsp3) is 0.867. The Labute approximate surface area is 128 Å². The van der Waals surface area contributed by atoms with Crippen molar-refractivity contribution in [2.75, 3.05) is 47.3 Å². The molecule has 0 aromatic heterocycles. The number of hydrogen-bond acceptors (Lipinski definition) is 4. The number of rotatable bonds is 9. The van der Waals surface area contributed by atoms with Gasteiger partial charge in [0.15, 0.2) is 0 Å². The molecule has 1 heterocycles. The maximum Gasteiger partial charge on any atom is 0.221 e. The molecule has 0 aliphatic carbocycles. The van der Waals surface area contributed by atoms with E-state index in [1.807, 2.05) is 0 Å². The summed E-state index contributed by atoms with van der Waals surface area (Å²) in [6.45, 7) is 3.56. The van der Waals surface area contributed by atoms with Gasteiger partial charge in [-0.25, -0.2) is 0 Å². The monoisotopic (exact) mass is 298 g/mol. The molecule has 2 amide bonds. The molecule has 1 saturated heterocycles. The molecule has 1 rings (SSSR count). The Bertz CT molecular complexity index is 316. The van der Waals surface area contributed by atoms with E-state index in [1.165, 1.54) is 19.4 Å². The van der Waals surface area contributed by atoms with E-state index in [-0.39, 0.29) is 11.8 Å². The molecular weight excluding hydrogens is 268 g/mol. The quantitative estimate of drug-likeness (QED) is 0.631. The first-order valence-corrected chi connectivity index (χ1v) is 7.90. The second-order valence-electron chi connectivity index (χ2n) is 5.75. The molecule has 0 saturated carbocycles. The van der Waals surface area contributed by atoms with E-state index in [9.17, 15) is 9.59 Å². The van der Waals surface area contributed by atoms with Crippen LogP contribution < -0.4 is 10.6 Å². The van der Waals surface area contributed by atoms with E-state index in [2.05, 4.69) is 27.5 Å². The lowest BCUT2D eigenvalue weighted by molar-refractivity contribution is -0.120. The molecule has 1 fully saturated rings. The number of amides is 2. The molecular formula is C15H30N4O2. The summed E-state index contributed by atoms with van der Waals surface area (Å²) < 4.78 is 0. The largest absolute Gasteiger partial charge is 0.359 e. The highest BCUT2D eigenvalue weighted by Crippen LogP contribution is 2.18. The number of nitrogens with one attached hydrogen (secondary N) is 2. The molecule has 0 radical (unpaired) electrons. The van der Waals surface area contributed by atoms with Crippen molar-refractivity contribution in [1.29, 1.82) is 0 Å². The second-order valence-corrected chi connectivity index (χ2v) is 5.75. The van der Waals surface area contributed by atoms with Crippen LogP contribution in [0.3, 0.4) is 0 Å². The van der Waals surface area contributed by atoms with Crippen LogP contribution in [-0.2, 0) is 9.59 Å². The summed E-state index contributed by atoms with van der Waals surface area (Å²) in [5, 5.41) is 5.30. The van der Waals surface area contributed by atoms with Crippen LogP contribution in [0.2, 0.25) is 0 Å². The first kappa shape index (κ1) is 17.9. The minimum Gasteiger partial charge on any atom is -0.359 e. The molecule has 1 atom stereocenters. The van der Waals surface area contributed by atoms with Crippen molar-refractivity contribution < 1.29 is 9.59 Å². The fourth-order valence-corrected chi connectivity index (χ4v) is 2.78. The molecule has 1 aliphatic heterocycles. The number of likely N-dealkylation sites (tertiary alicyclic amines) is 1. The molecule has 0 bridgehead atoms. The van der Waals surface area contributed by atoms with E-state index in [1.54, 1.807) is 14.1 Å². The van der Waals surface area contributed by atoms with Gasteiger partial charge < -0.3 is 20.4 Å². The normalized spacial score (nSPS) is 19.0. The third-order valence-corrected chi connectivity index (χ3v) is 4.32. The molecule has 6 nitrogen and oxygen atoms in total. The lowest BCUT2D eigenvalue weighted by Gasteiger charge is -2.26. The Balaban J connectivity index is 2.38. The molecule has 1 aliphatic rings. The number of carbonyl (C=O) groups excluding carboxylic acids is 2. The molecule has 1 unspecified atom stereocenters. The van der Waals surface area contributed by atoms with E-state index in [0.717, 1.165) is 13.0 Å². The zero-order chi connectivity index (χ0) is 15.7. The summed E-state index contributed by atoms with van der Waals surface area (Å²) in [7, 11) is 5.49. The van der Waals surface area contributed by atoms with Crippen molar-refractivity contribution in [1.82, 2.24) is 20.4 Å². The van der Waals surface area contributed by atoms with Gasteiger partial charge in [0.1, 0.15) is 0 Å². The summed E-state index contributed by atoms with van der Waals surface area (Å²) in [5.41, 5.74) is 0. The van der Waals surface area contributed by atoms with Gasteiger partial charge in [0.2, 0.25) is 11.8 Å². The summed E-state index contributed by atoms with van der Waals surface area (Å²) in [4.78, 5) is 27.4. The van der Waals surface area contributed by atoms with Crippen LogP contribution in [0.15, 0.2) is 0 Å². The first-order chi connectivity index (χ1) is 10.1. The molecule has 0 aromatic carbocycles. The van der Waals surface area contributed by atoms with Gasteiger partial charge in [-0.05, 0) is 39.4 Å². The molecule has 21 heavy (non-hydrogen) atoms. The van der Waals surface area contributed by atoms with Crippen LogP contribution in [0.5, 0.6) is 0 Å². The Morgan fingerprint density at radius 3 is 2.10 bits per heavy atom. The third-order valence-electron chi connectivity index (χ3n) is 4.32. The van der Waals surface area contributed by atoms with Gasteiger partial charge in [-0.3, -0.25) is 9.59 Å². The van der Waals surface area contributed by atoms with Gasteiger partial charge >= 0.3 is 0 Å². The molecule has 0 aromatic rings. The van der Waals surface area contributed by atoms with Crippen molar-refractivity contribution in [2.24, 2.45) is 0 Å². The van der Waals surface area contributed by atoms with E-state index >= 15 is 0 Å². The van der Waals surface area contributed by atoms with Crippen molar-refractivity contribution in [2.45, 2.75) is 38.1 Å². The Morgan fingerprint density at radius 1 is 1.10 bits per heavy atom. The average molecular weight is 298 g/mol. The van der Waals surface area contributed by atoms with Crippen molar-refractivity contribution in [3.05, 3.63) is 0 Å². The van der Waals surface area contributed by atoms with Gasteiger partial charge in [0.25, 0.3) is 0 Å². The predicted octanol–water partition coefficient (Wildman–Crippen LogP) is 0.0449. The van der Waals surface area contributed by atoms with Crippen LogP contribution >= 0.6 is 0 Å². The zero-order valence-corrected chi connectivity index (χ0v) is 13.7. The molecule has 122 valence electrons. The standard InChI is InChI=1S/C15H30N4O2/c1-16-14(20)7-11-19(12-8-15(21)17-2)10-6-13-5-4-9-18(13)3/h13H,4-12H2,1-3H3,(H,16,20)(H,17,21). The first-order valence-electron chi connectivity index (χ1n) is 7.90. The van der Waals surface area contributed by atoms with Gasteiger partial charge in [-0.1, -0.05) is 0 Å². The van der Waals surface area contributed by atoms with Crippen LogP contribution in [0.1, 0.15) is 32.1 Å². The minimum absolute atomic E-state index is 0.0536. The van der Waals surface area contributed by atoms with Crippen LogP contribution in [-0.4, -0.2) is 75.0 Å². The fourth-order valence-electron chi connectivity index (χ4n) is 2.78. The average Bonchev–Trinajstić information content (AvgIpc) is 2.90. The number of carbonyl (C=O) groups is 2. The lowest BCUT2D eigenvalue weighted by atomic mass is 10.1.